The van der Waals surface area contributed by atoms with Crippen molar-refractivity contribution in [2.45, 2.75) is 12.3 Å². The van der Waals surface area contributed by atoms with Crippen LogP contribution in [-0.4, -0.2) is 22.6 Å². The summed E-state index contributed by atoms with van der Waals surface area (Å²) < 4.78 is 8.33. The summed E-state index contributed by atoms with van der Waals surface area (Å²) in [5.41, 5.74) is 7.54. The zero-order valence-electron chi connectivity index (χ0n) is 8.69. The lowest BCUT2D eigenvalue weighted by Crippen LogP contribution is -2.03. The SMILES string of the molecule is Nc1ccn2c(C3CCOC3)nc(Br)c2c1. The molecule has 2 N–H and O–H groups in total. The van der Waals surface area contributed by atoms with Gasteiger partial charge in [-0.25, -0.2) is 4.98 Å². The van der Waals surface area contributed by atoms with E-state index in [4.69, 9.17) is 10.5 Å². The Morgan fingerprint density at radius 1 is 1.56 bits per heavy atom. The number of halogens is 1. The monoisotopic (exact) mass is 281 g/mol. The Morgan fingerprint density at radius 2 is 2.44 bits per heavy atom. The van der Waals surface area contributed by atoms with Crippen molar-refractivity contribution in [1.82, 2.24) is 9.38 Å². The third-order valence-corrected chi connectivity index (χ3v) is 3.53. The van der Waals surface area contributed by atoms with E-state index in [0.29, 0.717) is 5.92 Å². The van der Waals surface area contributed by atoms with Gasteiger partial charge >= 0.3 is 0 Å². The van der Waals surface area contributed by atoms with Crippen molar-refractivity contribution in [3.05, 3.63) is 28.8 Å². The van der Waals surface area contributed by atoms with E-state index < -0.39 is 0 Å². The molecule has 84 valence electrons. The van der Waals surface area contributed by atoms with Crippen LogP contribution in [0.5, 0.6) is 0 Å². The van der Waals surface area contributed by atoms with E-state index in [1.807, 2.05) is 18.3 Å². The summed E-state index contributed by atoms with van der Waals surface area (Å²) in [7, 11) is 0. The molecule has 3 heterocycles. The Balaban J connectivity index is 2.18. The fourth-order valence-corrected chi connectivity index (χ4v) is 2.60. The van der Waals surface area contributed by atoms with E-state index in [-0.39, 0.29) is 0 Å². The molecular weight excluding hydrogens is 270 g/mol. The van der Waals surface area contributed by atoms with Gasteiger partial charge in [0.2, 0.25) is 0 Å². The molecule has 1 unspecified atom stereocenters. The molecule has 0 radical (unpaired) electrons. The molecule has 0 aromatic carbocycles. The topological polar surface area (TPSA) is 52.5 Å². The van der Waals surface area contributed by atoms with Crippen molar-refractivity contribution in [1.29, 1.82) is 0 Å². The summed E-state index contributed by atoms with van der Waals surface area (Å²) in [6, 6.07) is 3.82. The molecular formula is C11H12BrN3O. The second-order valence-corrected chi connectivity index (χ2v) is 4.79. The zero-order chi connectivity index (χ0) is 11.1. The number of hydrogen-bond acceptors (Lipinski definition) is 3. The smallest absolute Gasteiger partial charge is 0.132 e. The van der Waals surface area contributed by atoms with Gasteiger partial charge in [0.1, 0.15) is 10.4 Å². The van der Waals surface area contributed by atoms with Gasteiger partial charge in [0.25, 0.3) is 0 Å². The van der Waals surface area contributed by atoms with E-state index in [1.54, 1.807) is 0 Å². The number of fused-ring (bicyclic) bond motifs is 1. The summed E-state index contributed by atoms with van der Waals surface area (Å²) >= 11 is 3.47. The van der Waals surface area contributed by atoms with Crippen LogP contribution in [0.3, 0.4) is 0 Å². The summed E-state index contributed by atoms with van der Waals surface area (Å²) in [6.07, 6.45) is 3.01. The molecule has 0 bridgehead atoms. The van der Waals surface area contributed by atoms with Crippen LogP contribution in [0.15, 0.2) is 22.9 Å². The van der Waals surface area contributed by atoms with Crippen LogP contribution in [0.4, 0.5) is 5.69 Å². The Labute approximate surface area is 102 Å². The molecule has 0 spiro atoms. The van der Waals surface area contributed by atoms with E-state index in [0.717, 1.165) is 41.3 Å². The highest BCUT2D eigenvalue weighted by molar-refractivity contribution is 9.10. The number of imidazole rings is 1. The quantitative estimate of drug-likeness (QED) is 0.872. The van der Waals surface area contributed by atoms with Gasteiger partial charge in [0, 0.05) is 24.4 Å². The maximum Gasteiger partial charge on any atom is 0.132 e. The molecule has 1 saturated heterocycles. The average molecular weight is 282 g/mol. The molecule has 3 rings (SSSR count). The first kappa shape index (κ1) is 10.1. The molecule has 0 saturated carbocycles. The number of pyridine rings is 1. The number of hydrogen-bond donors (Lipinski definition) is 1. The Kier molecular flexibility index (Phi) is 2.37. The molecule has 2 aromatic heterocycles. The van der Waals surface area contributed by atoms with Gasteiger partial charge in [0.05, 0.1) is 12.1 Å². The van der Waals surface area contributed by atoms with Crippen molar-refractivity contribution in [3.8, 4) is 0 Å². The molecule has 2 aromatic rings. The predicted octanol–water partition coefficient (Wildman–Crippen LogP) is 2.18. The Morgan fingerprint density at radius 3 is 3.19 bits per heavy atom. The molecule has 5 heteroatoms. The molecule has 1 aliphatic heterocycles. The highest BCUT2D eigenvalue weighted by Gasteiger charge is 2.23. The number of nitrogen functional groups attached to an aromatic ring is 1. The van der Waals surface area contributed by atoms with Gasteiger partial charge in [-0.3, -0.25) is 0 Å². The maximum atomic E-state index is 5.77. The maximum absolute atomic E-state index is 5.77. The first-order valence-corrected chi connectivity index (χ1v) is 6.06. The second-order valence-electron chi connectivity index (χ2n) is 4.04. The number of ether oxygens (including phenoxy) is 1. The summed E-state index contributed by atoms with van der Waals surface area (Å²) in [6.45, 7) is 1.59. The van der Waals surface area contributed by atoms with Gasteiger partial charge in [0.15, 0.2) is 0 Å². The molecule has 1 fully saturated rings. The van der Waals surface area contributed by atoms with E-state index in [2.05, 4.69) is 25.3 Å². The van der Waals surface area contributed by atoms with Crippen molar-refractivity contribution in [3.63, 3.8) is 0 Å². The van der Waals surface area contributed by atoms with E-state index in [9.17, 15) is 0 Å². The summed E-state index contributed by atoms with van der Waals surface area (Å²) in [5.74, 6) is 1.45. The first-order valence-electron chi connectivity index (χ1n) is 5.26. The summed E-state index contributed by atoms with van der Waals surface area (Å²) in [5, 5.41) is 0. The fourth-order valence-electron chi connectivity index (χ4n) is 2.11. The van der Waals surface area contributed by atoms with Gasteiger partial charge < -0.3 is 14.9 Å². The van der Waals surface area contributed by atoms with E-state index in [1.165, 1.54) is 0 Å². The lowest BCUT2D eigenvalue weighted by atomic mass is 10.1. The van der Waals surface area contributed by atoms with Crippen LogP contribution in [0.2, 0.25) is 0 Å². The third kappa shape index (κ3) is 1.51. The molecule has 0 aliphatic carbocycles. The highest BCUT2D eigenvalue weighted by Crippen LogP contribution is 2.29. The molecule has 4 nitrogen and oxygen atoms in total. The number of aromatic nitrogens is 2. The van der Waals surface area contributed by atoms with Crippen molar-refractivity contribution >= 4 is 27.1 Å². The standard InChI is InChI=1S/C11H12BrN3O/c12-10-9-5-8(13)1-3-15(9)11(14-10)7-2-4-16-6-7/h1,3,5,7H,2,4,6,13H2. The van der Waals surface area contributed by atoms with Crippen LogP contribution in [0.1, 0.15) is 18.2 Å². The van der Waals surface area contributed by atoms with Crippen molar-refractivity contribution < 1.29 is 4.74 Å². The molecule has 16 heavy (non-hydrogen) atoms. The van der Waals surface area contributed by atoms with Crippen LogP contribution in [0.25, 0.3) is 5.52 Å². The first-order chi connectivity index (χ1) is 7.75. The van der Waals surface area contributed by atoms with Crippen molar-refractivity contribution in [2.24, 2.45) is 0 Å². The predicted molar refractivity (Wildman–Crippen MR) is 65.5 cm³/mol. The van der Waals surface area contributed by atoms with Gasteiger partial charge in [-0.05, 0) is 34.5 Å². The number of anilines is 1. The lowest BCUT2D eigenvalue weighted by Gasteiger charge is -2.06. The lowest BCUT2D eigenvalue weighted by molar-refractivity contribution is 0.193. The third-order valence-electron chi connectivity index (χ3n) is 2.94. The largest absolute Gasteiger partial charge is 0.399 e. The molecule has 1 atom stereocenters. The number of rotatable bonds is 1. The van der Waals surface area contributed by atoms with Crippen molar-refractivity contribution in [2.75, 3.05) is 18.9 Å². The minimum atomic E-state index is 0.391. The minimum Gasteiger partial charge on any atom is -0.399 e. The normalized spacial score (nSPS) is 20.7. The van der Waals surface area contributed by atoms with Gasteiger partial charge in [-0.2, -0.15) is 0 Å². The Bertz CT molecular complexity index is 531. The number of nitrogens with zero attached hydrogens (tertiary/aromatic N) is 2. The van der Waals surface area contributed by atoms with Gasteiger partial charge in [-0.1, -0.05) is 0 Å². The average Bonchev–Trinajstić information content (AvgIpc) is 2.87. The van der Waals surface area contributed by atoms with Crippen LogP contribution in [-0.2, 0) is 4.74 Å². The second kappa shape index (κ2) is 3.75. The fraction of sp³-hybridized carbons (Fsp3) is 0.364. The minimum absolute atomic E-state index is 0.391. The molecule has 0 amide bonds. The van der Waals surface area contributed by atoms with Crippen LogP contribution < -0.4 is 5.73 Å². The zero-order valence-corrected chi connectivity index (χ0v) is 10.3. The van der Waals surface area contributed by atoms with Crippen LogP contribution in [0, 0.1) is 0 Å². The van der Waals surface area contributed by atoms with E-state index >= 15 is 0 Å². The Hall–Kier alpha value is -1.07. The highest BCUT2D eigenvalue weighted by atomic mass is 79.9. The number of nitrogens with two attached hydrogens (primary N) is 1. The van der Waals surface area contributed by atoms with Gasteiger partial charge in [-0.15, -0.1) is 0 Å². The summed E-state index contributed by atoms with van der Waals surface area (Å²) in [4.78, 5) is 4.56. The molecule has 1 aliphatic rings. The van der Waals surface area contributed by atoms with Crippen LogP contribution >= 0.6 is 15.9 Å².